The number of hydrogen-bond donors (Lipinski definition) is 2. The Morgan fingerprint density at radius 2 is 2.05 bits per heavy atom. The highest BCUT2D eigenvalue weighted by Crippen LogP contribution is 2.60. The Balaban J connectivity index is 1.46. The summed E-state index contributed by atoms with van der Waals surface area (Å²) >= 11 is 2.88. The normalized spacial score (nSPS) is 22.8. The average molecular weight is 586 g/mol. The van der Waals surface area contributed by atoms with Gasteiger partial charge in [0.1, 0.15) is 27.6 Å². The number of imidazole rings is 1. The first-order valence-electron chi connectivity index (χ1n) is 13.0. The number of benzene rings is 1. The Kier molecular flexibility index (Phi) is 7.68. The summed E-state index contributed by atoms with van der Waals surface area (Å²) in [6.45, 7) is 5.36. The van der Waals surface area contributed by atoms with E-state index in [0.29, 0.717) is 16.2 Å². The van der Waals surface area contributed by atoms with E-state index in [1.165, 1.54) is 34.9 Å². The number of aryl methyl sites for hydroxylation is 1. The average Bonchev–Trinajstić information content (AvgIpc) is 3.53. The number of ether oxygens (including phenoxy) is 2. The SMILES string of the molecule is CCCc1ccccc1OC(=O)OCCC1(C)C(c2cn3cnc(SC)c3s2)=C(C(=O)O)N2C(=O)[C@H]([C@@H](C)O)[C@@H]21. The molecule has 0 bridgehead atoms. The van der Waals surface area contributed by atoms with Gasteiger partial charge in [-0.15, -0.1) is 23.1 Å². The topological polar surface area (TPSA) is 131 Å². The van der Waals surface area contributed by atoms with Crippen LogP contribution in [0.4, 0.5) is 4.79 Å². The lowest BCUT2D eigenvalue weighted by Gasteiger charge is -2.50. The number of fused-ring (bicyclic) bond motifs is 2. The van der Waals surface area contributed by atoms with Crippen LogP contribution in [0.5, 0.6) is 5.75 Å². The minimum Gasteiger partial charge on any atom is -0.477 e. The zero-order valence-corrected chi connectivity index (χ0v) is 24.3. The van der Waals surface area contributed by atoms with Crippen LogP contribution in [0.3, 0.4) is 0 Å². The van der Waals surface area contributed by atoms with Crippen LogP contribution in [-0.2, 0) is 20.7 Å². The molecule has 1 unspecified atom stereocenters. The van der Waals surface area contributed by atoms with Crippen LogP contribution in [0.25, 0.3) is 10.4 Å². The van der Waals surface area contributed by atoms with E-state index < -0.39 is 41.5 Å². The molecule has 0 radical (unpaired) electrons. The first-order chi connectivity index (χ1) is 19.1. The van der Waals surface area contributed by atoms with E-state index in [4.69, 9.17) is 9.47 Å². The quantitative estimate of drug-likeness (QED) is 0.150. The van der Waals surface area contributed by atoms with Crippen LogP contribution in [0, 0.1) is 11.3 Å². The molecule has 40 heavy (non-hydrogen) atoms. The van der Waals surface area contributed by atoms with Gasteiger partial charge < -0.3 is 24.6 Å². The minimum atomic E-state index is -1.23. The lowest BCUT2D eigenvalue weighted by Crippen LogP contribution is -2.66. The van der Waals surface area contributed by atoms with Gasteiger partial charge in [-0.25, -0.2) is 14.6 Å². The molecule has 3 aromatic rings. The minimum absolute atomic E-state index is 0.0748. The van der Waals surface area contributed by atoms with Crippen molar-refractivity contribution in [2.75, 3.05) is 12.9 Å². The summed E-state index contributed by atoms with van der Waals surface area (Å²) in [4.78, 5) is 45.5. The number of carbonyl (C=O) groups excluding carboxylic acids is 2. The Morgan fingerprint density at radius 3 is 2.73 bits per heavy atom. The third-order valence-electron chi connectivity index (χ3n) is 7.71. The maximum Gasteiger partial charge on any atom is 0.513 e. The molecular weight excluding hydrogens is 554 g/mol. The zero-order valence-electron chi connectivity index (χ0n) is 22.6. The van der Waals surface area contributed by atoms with E-state index >= 15 is 0 Å². The molecule has 4 heterocycles. The summed E-state index contributed by atoms with van der Waals surface area (Å²) < 4.78 is 12.8. The van der Waals surface area contributed by atoms with E-state index in [2.05, 4.69) is 4.98 Å². The molecule has 1 amide bonds. The second kappa shape index (κ2) is 10.9. The van der Waals surface area contributed by atoms with Gasteiger partial charge in [-0.2, -0.15) is 0 Å². The van der Waals surface area contributed by atoms with Crippen molar-refractivity contribution in [2.45, 2.75) is 57.2 Å². The number of thiazole rings is 1. The number of aliphatic carboxylic acids is 1. The molecule has 0 saturated carbocycles. The number of thioether (sulfide) groups is 1. The van der Waals surface area contributed by atoms with Crippen molar-refractivity contribution in [3.8, 4) is 5.75 Å². The predicted octanol–water partition coefficient (Wildman–Crippen LogP) is 4.70. The first kappa shape index (κ1) is 28.2. The number of β-lactam (4-membered cyclic amide) rings is 1. The molecule has 12 heteroatoms. The molecule has 1 fully saturated rings. The number of rotatable bonds is 10. The van der Waals surface area contributed by atoms with Crippen molar-refractivity contribution in [2.24, 2.45) is 11.3 Å². The number of carbonyl (C=O) groups is 3. The zero-order chi connectivity index (χ0) is 28.8. The fourth-order valence-electron chi connectivity index (χ4n) is 5.91. The molecule has 212 valence electrons. The van der Waals surface area contributed by atoms with Crippen molar-refractivity contribution in [3.63, 3.8) is 0 Å². The Hall–Kier alpha value is -3.35. The summed E-state index contributed by atoms with van der Waals surface area (Å²) in [5, 5.41) is 21.6. The van der Waals surface area contributed by atoms with Crippen molar-refractivity contribution in [1.29, 1.82) is 0 Å². The van der Waals surface area contributed by atoms with Gasteiger partial charge in [-0.1, -0.05) is 38.5 Å². The lowest BCUT2D eigenvalue weighted by atomic mass is 9.66. The highest BCUT2D eigenvalue weighted by molar-refractivity contribution is 7.98. The molecule has 1 aromatic carbocycles. The number of nitrogens with zero attached hydrogens (tertiary/aromatic N) is 3. The van der Waals surface area contributed by atoms with Crippen LogP contribution in [-0.4, -0.2) is 67.5 Å². The second-order valence-electron chi connectivity index (χ2n) is 10.2. The van der Waals surface area contributed by atoms with Crippen molar-refractivity contribution < 1.29 is 34.1 Å². The number of para-hydroxylation sites is 1. The van der Waals surface area contributed by atoms with Crippen molar-refractivity contribution in [3.05, 3.63) is 52.9 Å². The molecule has 5 rings (SSSR count). The monoisotopic (exact) mass is 585 g/mol. The maximum atomic E-state index is 13.1. The molecule has 2 aliphatic rings. The summed E-state index contributed by atoms with van der Waals surface area (Å²) in [6.07, 6.45) is 5.42. The van der Waals surface area contributed by atoms with E-state index in [-0.39, 0.29) is 18.7 Å². The molecular formula is C28H31N3O7S2. The van der Waals surface area contributed by atoms with Gasteiger partial charge in [0.15, 0.2) is 0 Å². The number of carboxylic acid groups (broad SMARTS) is 1. The van der Waals surface area contributed by atoms with Crippen LogP contribution >= 0.6 is 23.1 Å². The highest BCUT2D eigenvalue weighted by atomic mass is 32.2. The van der Waals surface area contributed by atoms with E-state index in [1.54, 1.807) is 18.5 Å². The van der Waals surface area contributed by atoms with E-state index in [0.717, 1.165) is 28.3 Å². The van der Waals surface area contributed by atoms with Gasteiger partial charge >= 0.3 is 12.1 Å². The number of aliphatic hydroxyl groups is 1. The van der Waals surface area contributed by atoms with Gasteiger partial charge in [0.25, 0.3) is 0 Å². The third-order valence-corrected chi connectivity index (χ3v) is 9.65. The summed E-state index contributed by atoms with van der Waals surface area (Å²) in [5.74, 6) is -2.00. The molecule has 0 spiro atoms. The van der Waals surface area contributed by atoms with Crippen LogP contribution in [0.1, 0.15) is 44.1 Å². The Bertz CT molecular complexity index is 1510. The number of amides is 1. The fourth-order valence-corrected chi connectivity index (χ4v) is 7.87. The lowest BCUT2D eigenvalue weighted by molar-refractivity contribution is -0.167. The number of carboxylic acids is 1. The van der Waals surface area contributed by atoms with Crippen LogP contribution in [0.2, 0.25) is 0 Å². The van der Waals surface area contributed by atoms with Crippen LogP contribution in [0.15, 0.2) is 47.5 Å². The maximum absolute atomic E-state index is 13.1. The van der Waals surface area contributed by atoms with Crippen molar-refractivity contribution in [1.82, 2.24) is 14.3 Å². The molecule has 0 aliphatic carbocycles. The van der Waals surface area contributed by atoms with Gasteiger partial charge in [-0.05, 0) is 37.7 Å². The number of aromatic nitrogens is 2. The predicted molar refractivity (Wildman–Crippen MR) is 150 cm³/mol. The standard InChI is InChI=1S/C28H31N3O7S2/c1-5-8-16-9-6-7-10-17(16)38-27(36)37-12-11-28(3)20(18-13-30-14-29-23(39-4)25(30)40-18)21(26(34)35)31-22(28)19(15(2)32)24(31)33/h6-7,9-10,13-15,19,22,32H,5,8,11-12H2,1-4H3,(H,34,35)/t15-,19-,22-,28?/m1/s1. The molecule has 2 aromatic heterocycles. The summed E-state index contributed by atoms with van der Waals surface area (Å²) in [5.41, 5.74) is 0.346. The first-order valence-corrected chi connectivity index (χ1v) is 15.1. The molecule has 2 aliphatic heterocycles. The summed E-state index contributed by atoms with van der Waals surface area (Å²) in [6, 6.07) is 6.67. The second-order valence-corrected chi connectivity index (χ2v) is 12.1. The van der Waals surface area contributed by atoms with Crippen LogP contribution < -0.4 is 4.74 Å². The largest absolute Gasteiger partial charge is 0.513 e. The fraction of sp³-hybridized carbons (Fsp3) is 0.429. The molecule has 10 nitrogen and oxygen atoms in total. The number of aliphatic hydroxyl groups excluding tert-OH is 1. The van der Waals surface area contributed by atoms with Gasteiger partial charge in [0, 0.05) is 17.2 Å². The molecule has 2 N–H and O–H groups in total. The smallest absolute Gasteiger partial charge is 0.477 e. The van der Waals surface area contributed by atoms with Gasteiger partial charge in [0.2, 0.25) is 5.91 Å². The molecule has 1 saturated heterocycles. The number of hydrogen-bond acceptors (Lipinski definition) is 9. The third kappa shape index (κ3) is 4.57. The van der Waals surface area contributed by atoms with E-state index in [9.17, 15) is 24.6 Å². The van der Waals surface area contributed by atoms with Gasteiger partial charge in [-0.3, -0.25) is 9.20 Å². The summed E-state index contributed by atoms with van der Waals surface area (Å²) in [7, 11) is 0. The highest BCUT2D eigenvalue weighted by Gasteiger charge is 2.66. The Morgan fingerprint density at radius 1 is 1.30 bits per heavy atom. The Labute approximate surface area is 239 Å². The molecule has 4 atom stereocenters. The van der Waals surface area contributed by atoms with Crippen molar-refractivity contribution >= 4 is 51.5 Å². The van der Waals surface area contributed by atoms with Gasteiger partial charge in [0.05, 0.1) is 29.5 Å². The van der Waals surface area contributed by atoms with E-state index in [1.807, 2.05) is 42.8 Å².